The van der Waals surface area contributed by atoms with Crippen LogP contribution in [0.15, 0.2) is 89.6 Å². The molecule has 1 aromatic heterocycles. The van der Waals surface area contributed by atoms with Crippen molar-refractivity contribution < 1.29 is 10.2 Å². The molecule has 1 atom stereocenters. The summed E-state index contributed by atoms with van der Waals surface area (Å²) in [7, 11) is 0. The summed E-state index contributed by atoms with van der Waals surface area (Å²) in [4.78, 5) is 9.05. The average molecular weight is 513 g/mol. The Morgan fingerprint density at radius 3 is 2.65 bits per heavy atom. The van der Waals surface area contributed by atoms with Gasteiger partial charge in [0.05, 0.1) is 12.1 Å². The lowest BCUT2D eigenvalue weighted by atomic mass is 9.79. The quantitative estimate of drug-likeness (QED) is 0.210. The van der Waals surface area contributed by atoms with Crippen LogP contribution in [0.2, 0.25) is 5.15 Å². The van der Waals surface area contributed by atoms with Crippen LogP contribution in [0, 0.1) is 12.8 Å². The predicted octanol–water partition coefficient (Wildman–Crippen LogP) is 7.11. The molecule has 1 aliphatic rings. The van der Waals surface area contributed by atoms with Crippen LogP contribution in [0.25, 0.3) is 16.5 Å². The van der Waals surface area contributed by atoms with Gasteiger partial charge in [-0.15, -0.1) is 0 Å². The van der Waals surface area contributed by atoms with Gasteiger partial charge in [0.2, 0.25) is 0 Å². The van der Waals surface area contributed by atoms with Gasteiger partial charge in [-0.05, 0) is 83.3 Å². The van der Waals surface area contributed by atoms with Crippen LogP contribution >= 0.6 is 11.6 Å². The number of hydrogen-bond acceptors (Lipinski definition) is 4. The normalized spacial score (nSPS) is 19.9. The van der Waals surface area contributed by atoms with Crippen LogP contribution in [-0.4, -0.2) is 28.0 Å². The van der Waals surface area contributed by atoms with Crippen molar-refractivity contribution in [1.82, 2.24) is 4.98 Å². The van der Waals surface area contributed by atoms with Crippen molar-refractivity contribution in [1.29, 1.82) is 0 Å². The number of aliphatic imine (C=N–C) groups is 1. The topological polar surface area (TPSA) is 65.7 Å². The third-order valence-electron chi connectivity index (χ3n) is 6.67. The fourth-order valence-electron chi connectivity index (χ4n) is 4.60. The molecule has 0 aliphatic heterocycles. The molecule has 1 heterocycles. The summed E-state index contributed by atoms with van der Waals surface area (Å²) in [5.74, 6) is 0.307. The van der Waals surface area contributed by atoms with Crippen LogP contribution in [-0.2, 0) is 12.0 Å². The van der Waals surface area contributed by atoms with Gasteiger partial charge in [-0.2, -0.15) is 0 Å². The molecular formula is C32H33ClN2O2. The number of halogens is 1. The first kappa shape index (κ1) is 26.7. The Labute approximate surface area is 224 Å². The first-order valence-electron chi connectivity index (χ1n) is 12.5. The van der Waals surface area contributed by atoms with Gasteiger partial charge in [0.1, 0.15) is 10.8 Å². The summed E-state index contributed by atoms with van der Waals surface area (Å²) in [6.45, 7) is 8.13. The molecule has 1 aliphatic carbocycles. The van der Waals surface area contributed by atoms with Crippen molar-refractivity contribution in [3.63, 3.8) is 0 Å². The van der Waals surface area contributed by atoms with Gasteiger partial charge in [-0.25, -0.2) is 4.98 Å². The summed E-state index contributed by atoms with van der Waals surface area (Å²) >= 11 is 6.46. The molecule has 0 saturated carbocycles. The molecule has 2 N–H and O–H groups in total. The minimum atomic E-state index is -1.38. The molecule has 3 aromatic rings. The van der Waals surface area contributed by atoms with Gasteiger partial charge in [0, 0.05) is 17.8 Å². The molecule has 0 saturated heterocycles. The van der Waals surface area contributed by atoms with E-state index in [1.807, 2.05) is 61.7 Å². The maximum absolute atomic E-state index is 12.4. The molecule has 0 spiro atoms. The van der Waals surface area contributed by atoms with Crippen molar-refractivity contribution >= 4 is 34.3 Å². The lowest BCUT2D eigenvalue weighted by Crippen LogP contribution is -2.29. The number of rotatable bonds is 6. The van der Waals surface area contributed by atoms with Crippen molar-refractivity contribution in [2.24, 2.45) is 10.9 Å². The van der Waals surface area contributed by atoms with Gasteiger partial charge >= 0.3 is 0 Å². The molecule has 0 radical (unpaired) electrons. The molecule has 4 rings (SSSR count). The molecule has 1 unspecified atom stereocenters. The smallest absolute Gasteiger partial charge is 0.138 e. The highest BCUT2D eigenvalue weighted by Gasteiger charge is 2.35. The van der Waals surface area contributed by atoms with E-state index in [4.69, 9.17) is 16.7 Å². The van der Waals surface area contributed by atoms with Crippen molar-refractivity contribution in [3.8, 4) is 0 Å². The maximum Gasteiger partial charge on any atom is 0.138 e. The van der Waals surface area contributed by atoms with Crippen LogP contribution in [0.1, 0.15) is 48.6 Å². The van der Waals surface area contributed by atoms with Crippen LogP contribution in [0.4, 0.5) is 0 Å². The highest BCUT2D eigenvalue weighted by atomic mass is 35.5. The number of hydrogen-bond donors (Lipinski definition) is 2. The Morgan fingerprint density at radius 2 is 1.89 bits per heavy atom. The van der Waals surface area contributed by atoms with Gasteiger partial charge in [-0.1, -0.05) is 80.1 Å². The van der Waals surface area contributed by atoms with Gasteiger partial charge in [-0.3, -0.25) is 4.99 Å². The Hall–Kier alpha value is -3.31. The molecule has 190 valence electrons. The number of aliphatic hydroxyl groups excluding tert-OH is 1. The van der Waals surface area contributed by atoms with E-state index in [2.05, 4.69) is 49.0 Å². The van der Waals surface area contributed by atoms with Gasteiger partial charge < -0.3 is 10.2 Å². The molecule has 5 heteroatoms. The molecular weight excluding hydrogens is 480 g/mol. The Bertz CT molecular complexity index is 1460. The standard InChI is InChI=1S/C32H33ClN2O2/c1-21(2)19-34-20-23(4)32(37)26-12-9-22(3)25(16-26)11-10-24(8-6-5-7-15-36)28-18-31(33)35-30-14-13-27(32)17-29(28)30/h5-10,12-14,16-21,36-37H,11,15H2,1-4H3/b7-5?,8-6-,23-20+,24-10+,34-19?. The summed E-state index contributed by atoms with van der Waals surface area (Å²) in [5, 5.41) is 22.9. The number of nitrogens with zero attached hydrogens (tertiary/aromatic N) is 2. The first-order valence-corrected chi connectivity index (χ1v) is 12.9. The maximum atomic E-state index is 12.4. The van der Waals surface area contributed by atoms with E-state index in [1.165, 1.54) is 0 Å². The third kappa shape index (κ3) is 5.67. The Kier molecular flexibility index (Phi) is 8.23. The second kappa shape index (κ2) is 11.4. The number of aliphatic hydroxyl groups is 2. The summed E-state index contributed by atoms with van der Waals surface area (Å²) in [6, 6.07) is 13.9. The zero-order chi connectivity index (χ0) is 26.6. The van der Waals surface area contributed by atoms with Crippen molar-refractivity contribution in [2.45, 2.75) is 39.7 Å². The van der Waals surface area contributed by atoms with Crippen molar-refractivity contribution in [3.05, 3.63) is 118 Å². The van der Waals surface area contributed by atoms with Crippen LogP contribution in [0.5, 0.6) is 0 Å². The van der Waals surface area contributed by atoms with E-state index in [0.29, 0.717) is 17.5 Å². The molecule has 4 bridgehead atoms. The minimum Gasteiger partial charge on any atom is -0.392 e. The third-order valence-corrected chi connectivity index (χ3v) is 6.86. The number of fused-ring (bicyclic) bond motifs is 3. The zero-order valence-electron chi connectivity index (χ0n) is 21.7. The summed E-state index contributed by atoms with van der Waals surface area (Å²) < 4.78 is 0. The van der Waals surface area contributed by atoms with E-state index in [9.17, 15) is 5.11 Å². The molecule has 37 heavy (non-hydrogen) atoms. The molecule has 0 amide bonds. The number of aromatic nitrogens is 1. The van der Waals surface area contributed by atoms with Gasteiger partial charge in [0.25, 0.3) is 0 Å². The van der Waals surface area contributed by atoms with Gasteiger partial charge in [0.15, 0.2) is 0 Å². The fraction of sp³-hybridized carbons (Fsp3) is 0.250. The number of pyridine rings is 1. The summed E-state index contributed by atoms with van der Waals surface area (Å²) in [5.41, 5.74) is 5.81. The van der Waals surface area contributed by atoms with E-state index in [0.717, 1.165) is 49.9 Å². The first-order chi connectivity index (χ1) is 17.7. The SMILES string of the molecule is C/C(=C\N=CC(C)C)C1(O)c2ccc(C)c(c2)C/C=C(\C=C/C=CCO)c2cc(Cl)nc3ccc1cc23. The van der Waals surface area contributed by atoms with Crippen LogP contribution in [0.3, 0.4) is 0 Å². The van der Waals surface area contributed by atoms with E-state index in [1.54, 1.807) is 12.3 Å². The minimum absolute atomic E-state index is 0.0184. The highest BCUT2D eigenvalue weighted by Crippen LogP contribution is 2.40. The molecule has 4 nitrogen and oxygen atoms in total. The Morgan fingerprint density at radius 1 is 1.14 bits per heavy atom. The average Bonchev–Trinajstić information content (AvgIpc) is 2.88. The van der Waals surface area contributed by atoms with Crippen molar-refractivity contribution in [2.75, 3.05) is 6.61 Å². The highest BCUT2D eigenvalue weighted by molar-refractivity contribution is 6.30. The van der Waals surface area contributed by atoms with E-state index in [-0.39, 0.29) is 6.61 Å². The Balaban J connectivity index is 2.04. The number of allylic oxidation sites excluding steroid dienone is 5. The number of aryl methyl sites for hydroxylation is 1. The summed E-state index contributed by atoms with van der Waals surface area (Å²) in [6.07, 6.45) is 13.9. The monoisotopic (exact) mass is 512 g/mol. The molecule has 0 fully saturated rings. The zero-order valence-corrected chi connectivity index (χ0v) is 22.5. The lowest BCUT2D eigenvalue weighted by Gasteiger charge is -2.31. The second-order valence-electron chi connectivity index (χ2n) is 9.76. The van der Waals surface area contributed by atoms with E-state index >= 15 is 0 Å². The predicted molar refractivity (Wildman–Crippen MR) is 155 cm³/mol. The largest absolute Gasteiger partial charge is 0.392 e. The van der Waals surface area contributed by atoms with E-state index < -0.39 is 5.60 Å². The second-order valence-corrected chi connectivity index (χ2v) is 10.2. The fourth-order valence-corrected chi connectivity index (χ4v) is 4.80. The molecule has 2 aromatic carbocycles. The van der Waals surface area contributed by atoms with Crippen LogP contribution < -0.4 is 0 Å². The lowest BCUT2D eigenvalue weighted by molar-refractivity contribution is 0.121. The number of benzene rings is 2.